The molecule has 0 aromatic heterocycles. The van der Waals surface area contributed by atoms with E-state index >= 15 is 0 Å². The number of methoxy groups -OCH3 is 1. The number of aliphatic hydroxyl groups is 1. The van der Waals surface area contributed by atoms with E-state index in [1.807, 2.05) is 0 Å². The summed E-state index contributed by atoms with van der Waals surface area (Å²) in [6.07, 6.45) is 3.13. The summed E-state index contributed by atoms with van der Waals surface area (Å²) < 4.78 is 5.05. The van der Waals surface area contributed by atoms with Crippen LogP contribution in [0.2, 0.25) is 0 Å². The fraction of sp³-hybridized carbons (Fsp3) is 0.357. The molecule has 0 saturated heterocycles. The van der Waals surface area contributed by atoms with Crippen LogP contribution in [0.1, 0.15) is 31.2 Å². The SMILES string of the molecule is COc1ccc(C(O)=C2CCCCC2=O)cc1. The molecule has 0 aliphatic heterocycles. The highest BCUT2D eigenvalue weighted by atomic mass is 16.5. The number of rotatable bonds is 2. The number of carbonyl (C=O) groups excluding carboxylic acids is 1. The van der Waals surface area contributed by atoms with Crippen molar-refractivity contribution in [3.05, 3.63) is 35.4 Å². The van der Waals surface area contributed by atoms with E-state index in [4.69, 9.17) is 4.74 Å². The molecule has 90 valence electrons. The summed E-state index contributed by atoms with van der Waals surface area (Å²) in [6.45, 7) is 0. The third-order valence-electron chi connectivity index (χ3n) is 3.07. The number of benzene rings is 1. The van der Waals surface area contributed by atoms with Gasteiger partial charge in [-0.15, -0.1) is 0 Å². The van der Waals surface area contributed by atoms with Gasteiger partial charge in [-0.2, -0.15) is 0 Å². The Bertz CT molecular complexity index is 443. The summed E-state index contributed by atoms with van der Waals surface area (Å²) >= 11 is 0. The van der Waals surface area contributed by atoms with E-state index in [1.54, 1.807) is 31.4 Å². The first-order valence-electron chi connectivity index (χ1n) is 5.82. The lowest BCUT2D eigenvalue weighted by Gasteiger charge is -2.15. The molecule has 1 aromatic rings. The van der Waals surface area contributed by atoms with Crippen LogP contribution in [0, 0.1) is 0 Å². The summed E-state index contributed by atoms with van der Waals surface area (Å²) in [5, 5.41) is 10.1. The number of Topliss-reactive ketones (excluding diaryl/α,β-unsaturated/α-hetero) is 1. The second kappa shape index (κ2) is 5.04. The largest absolute Gasteiger partial charge is 0.507 e. The van der Waals surface area contributed by atoms with E-state index in [1.165, 1.54) is 0 Å². The van der Waals surface area contributed by atoms with Crippen molar-refractivity contribution in [2.75, 3.05) is 7.11 Å². The summed E-state index contributed by atoms with van der Waals surface area (Å²) in [6, 6.07) is 7.09. The minimum Gasteiger partial charge on any atom is -0.507 e. The van der Waals surface area contributed by atoms with Crippen molar-refractivity contribution in [2.45, 2.75) is 25.7 Å². The molecule has 1 fully saturated rings. The lowest BCUT2D eigenvalue weighted by molar-refractivity contribution is -0.116. The van der Waals surface area contributed by atoms with Gasteiger partial charge < -0.3 is 9.84 Å². The molecule has 1 aliphatic rings. The smallest absolute Gasteiger partial charge is 0.162 e. The van der Waals surface area contributed by atoms with Crippen LogP contribution in [0.4, 0.5) is 0 Å². The Balaban J connectivity index is 2.30. The minimum atomic E-state index is 0.0737. The average molecular weight is 232 g/mol. The van der Waals surface area contributed by atoms with Crippen LogP contribution in [0.5, 0.6) is 5.75 Å². The van der Waals surface area contributed by atoms with Gasteiger partial charge in [-0.05, 0) is 43.5 Å². The zero-order valence-corrected chi connectivity index (χ0v) is 9.90. The van der Waals surface area contributed by atoms with E-state index in [0.29, 0.717) is 24.0 Å². The molecule has 0 heterocycles. The van der Waals surface area contributed by atoms with Crippen molar-refractivity contribution in [1.82, 2.24) is 0 Å². The molecule has 0 radical (unpaired) electrons. The summed E-state index contributed by atoms with van der Waals surface area (Å²) in [5.41, 5.74) is 1.25. The van der Waals surface area contributed by atoms with Gasteiger partial charge in [0.15, 0.2) is 5.78 Å². The highest BCUT2D eigenvalue weighted by Crippen LogP contribution is 2.27. The lowest BCUT2D eigenvalue weighted by atomic mass is 9.91. The van der Waals surface area contributed by atoms with Gasteiger partial charge in [0.2, 0.25) is 0 Å². The third-order valence-corrected chi connectivity index (χ3v) is 3.07. The van der Waals surface area contributed by atoms with Gasteiger partial charge in [0, 0.05) is 17.6 Å². The Labute approximate surface area is 101 Å². The van der Waals surface area contributed by atoms with Crippen LogP contribution in [-0.2, 0) is 4.79 Å². The van der Waals surface area contributed by atoms with E-state index in [0.717, 1.165) is 18.6 Å². The maximum absolute atomic E-state index is 11.7. The van der Waals surface area contributed by atoms with Crippen LogP contribution in [0.3, 0.4) is 0 Å². The fourth-order valence-electron chi connectivity index (χ4n) is 2.05. The number of ether oxygens (including phenoxy) is 1. The number of hydrogen-bond donors (Lipinski definition) is 1. The van der Waals surface area contributed by atoms with Crippen molar-refractivity contribution in [2.24, 2.45) is 0 Å². The number of hydrogen-bond acceptors (Lipinski definition) is 3. The highest BCUT2D eigenvalue weighted by Gasteiger charge is 2.19. The maximum Gasteiger partial charge on any atom is 0.162 e. The van der Waals surface area contributed by atoms with Crippen LogP contribution in [-0.4, -0.2) is 18.0 Å². The molecule has 0 atom stereocenters. The van der Waals surface area contributed by atoms with E-state index < -0.39 is 0 Å². The maximum atomic E-state index is 11.7. The number of ketones is 1. The van der Waals surface area contributed by atoms with Gasteiger partial charge in [-0.1, -0.05) is 0 Å². The van der Waals surface area contributed by atoms with Crippen LogP contribution in [0.25, 0.3) is 5.76 Å². The monoisotopic (exact) mass is 232 g/mol. The predicted molar refractivity (Wildman–Crippen MR) is 66.0 cm³/mol. The number of allylic oxidation sites excluding steroid dienone is 1. The second-order valence-electron chi connectivity index (χ2n) is 4.19. The topological polar surface area (TPSA) is 46.5 Å². The summed E-state index contributed by atoms with van der Waals surface area (Å²) in [5.74, 6) is 0.934. The fourth-order valence-corrected chi connectivity index (χ4v) is 2.05. The van der Waals surface area contributed by atoms with Crippen molar-refractivity contribution in [3.63, 3.8) is 0 Å². The number of carbonyl (C=O) groups is 1. The Hall–Kier alpha value is -1.77. The van der Waals surface area contributed by atoms with Crippen molar-refractivity contribution in [3.8, 4) is 5.75 Å². The first-order valence-corrected chi connectivity index (χ1v) is 5.82. The quantitative estimate of drug-likeness (QED) is 0.629. The van der Waals surface area contributed by atoms with Crippen molar-refractivity contribution in [1.29, 1.82) is 0 Å². The normalized spacial score (nSPS) is 19.0. The Kier molecular flexibility index (Phi) is 3.47. The van der Waals surface area contributed by atoms with Crippen LogP contribution in [0.15, 0.2) is 29.8 Å². The molecule has 0 amide bonds. The molecular weight excluding hydrogens is 216 g/mol. The minimum absolute atomic E-state index is 0.0737. The predicted octanol–water partition coefficient (Wildman–Crippen LogP) is 3.11. The zero-order chi connectivity index (χ0) is 12.3. The van der Waals surface area contributed by atoms with Crippen LogP contribution < -0.4 is 4.74 Å². The number of aliphatic hydroxyl groups excluding tert-OH is 1. The van der Waals surface area contributed by atoms with Crippen molar-refractivity contribution < 1.29 is 14.6 Å². The molecule has 1 aromatic carbocycles. The second-order valence-corrected chi connectivity index (χ2v) is 4.19. The first kappa shape index (κ1) is 11.7. The van der Waals surface area contributed by atoms with Gasteiger partial charge in [-0.3, -0.25) is 4.79 Å². The first-order chi connectivity index (χ1) is 8.22. The van der Waals surface area contributed by atoms with E-state index in [-0.39, 0.29) is 11.5 Å². The molecule has 1 aliphatic carbocycles. The average Bonchev–Trinajstić information content (AvgIpc) is 2.39. The van der Waals surface area contributed by atoms with Gasteiger partial charge in [0.1, 0.15) is 11.5 Å². The standard InChI is InChI=1S/C14H16O3/c1-17-11-8-6-10(7-9-11)14(16)12-4-2-3-5-13(12)15/h6-9,16H,2-5H2,1H3. The summed E-state index contributed by atoms with van der Waals surface area (Å²) in [4.78, 5) is 11.7. The Morgan fingerprint density at radius 1 is 1.18 bits per heavy atom. The molecule has 3 heteroatoms. The third kappa shape index (κ3) is 2.49. The van der Waals surface area contributed by atoms with Gasteiger partial charge in [0.05, 0.1) is 7.11 Å². The Morgan fingerprint density at radius 3 is 2.41 bits per heavy atom. The molecule has 3 nitrogen and oxygen atoms in total. The molecule has 0 unspecified atom stereocenters. The molecule has 1 saturated carbocycles. The van der Waals surface area contributed by atoms with E-state index in [2.05, 4.69) is 0 Å². The zero-order valence-electron chi connectivity index (χ0n) is 9.90. The molecule has 2 rings (SSSR count). The highest BCUT2D eigenvalue weighted by molar-refractivity contribution is 6.01. The van der Waals surface area contributed by atoms with Gasteiger partial charge in [0.25, 0.3) is 0 Å². The molecule has 1 N–H and O–H groups in total. The van der Waals surface area contributed by atoms with E-state index in [9.17, 15) is 9.90 Å². The lowest BCUT2D eigenvalue weighted by Crippen LogP contribution is -2.10. The molecular formula is C14H16O3. The Morgan fingerprint density at radius 2 is 1.82 bits per heavy atom. The van der Waals surface area contributed by atoms with Gasteiger partial charge >= 0.3 is 0 Å². The van der Waals surface area contributed by atoms with Gasteiger partial charge in [-0.25, -0.2) is 0 Å². The molecule has 0 spiro atoms. The molecule has 17 heavy (non-hydrogen) atoms. The molecule has 0 bridgehead atoms. The summed E-state index contributed by atoms with van der Waals surface area (Å²) in [7, 11) is 1.60. The van der Waals surface area contributed by atoms with Crippen molar-refractivity contribution >= 4 is 11.5 Å². The van der Waals surface area contributed by atoms with Crippen LogP contribution >= 0.6 is 0 Å².